The fourth-order valence-corrected chi connectivity index (χ4v) is 3.60. The van der Waals surface area contributed by atoms with E-state index in [1.807, 2.05) is 11.4 Å². The van der Waals surface area contributed by atoms with Gasteiger partial charge in [0.15, 0.2) is 0 Å². The maximum atomic E-state index is 12.1. The molecule has 92 valence electrons. The first-order valence-electron chi connectivity index (χ1n) is 5.53. The summed E-state index contributed by atoms with van der Waals surface area (Å²) in [7, 11) is 1.43. The van der Waals surface area contributed by atoms with Crippen LogP contribution in [0.4, 0.5) is 0 Å². The third-order valence-electron chi connectivity index (χ3n) is 3.88. The Bertz CT molecular complexity index is 418. The van der Waals surface area contributed by atoms with Gasteiger partial charge in [0.1, 0.15) is 5.41 Å². The van der Waals surface area contributed by atoms with Crippen LogP contribution in [0.5, 0.6) is 0 Å². The molecule has 0 N–H and O–H groups in total. The Morgan fingerprint density at radius 3 is 2.41 bits per heavy atom. The Morgan fingerprint density at radius 2 is 2.06 bits per heavy atom. The molecule has 2 aliphatic heterocycles. The second-order valence-electron chi connectivity index (χ2n) is 4.62. The molecular weight excluding hydrogens is 240 g/mol. The molecule has 0 atom stereocenters. The number of thiophene rings is 1. The first kappa shape index (κ1) is 11.2. The van der Waals surface area contributed by atoms with Crippen molar-refractivity contribution < 1.29 is 19.0 Å². The summed E-state index contributed by atoms with van der Waals surface area (Å²) >= 11 is 1.67. The van der Waals surface area contributed by atoms with Crippen LogP contribution in [0, 0.1) is 5.41 Å². The van der Waals surface area contributed by atoms with Crippen molar-refractivity contribution in [3.8, 4) is 0 Å². The molecule has 0 saturated carbocycles. The molecule has 5 heteroatoms. The molecule has 3 rings (SSSR count). The molecule has 0 spiro atoms. The Labute approximate surface area is 103 Å². The molecule has 0 unspecified atom stereocenters. The van der Waals surface area contributed by atoms with Crippen LogP contribution >= 0.6 is 11.3 Å². The van der Waals surface area contributed by atoms with Gasteiger partial charge in [0.25, 0.3) is 0 Å². The fourth-order valence-electron chi connectivity index (χ4n) is 2.60. The van der Waals surface area contributed by atoms with Gasteiger partial charge in [0.05, 0.1) is 39.0 Å². The molecule has 1 aromatic rings. The van der Waals surface area contributed by atoms with Crippen molar-refractivity contribution in [2.45, 2.75) is 5.41 Å². The molecule has 17 heavy (non-hydrogen) atoms. The van der Waals surface area contributed by atoms with Crippen LogP contribution in [0.15, 0.2) is 17.5 Å². The minimum atomic E-state index is -0.551. The van der Waals surface area contributed by atoms with Crippen molar-refractivity contribution in [2.24, 2.45) is 5.41 Å². The zero-order valence-corrected chi connectivity index (χ0v) is 10.4. The van der Waals surface area contributed by atoms with Gasteiger partial charge in [0, 0.05) is 4.88 Å². The lowest BCUT2D eigenvalue weighted by Crippen LogP contribution is -2.69. The number of rotatable bonds is 3. The largest absolute Gasteiger partial charge is 0.468 e. The van der Waals surface area contributed by atoms with E-state index in [4.69, 9.17) is 14.2 Å². The number of methoxy groups -OCH3 is 1. The molecular formula is C12H14O4S. The molecule has 2 saturated heterocycles. The summed E-state index contributed by atoms with van der Waals surface area (Å²) in [5.74, 6) is -0.180. The summed E-state index contributed by atoms with van der Waals surface area (Å²) in [6, 6.07) is 4.07. The van der Waals surface area contributed by atoms with Gasteiger partial charge in [-0.15, -0.1) is 11.3 Å². The predicted molar refractivity (Wildman–Crippen MR) is 62.1 cm³/mol. The Kier molecular flexibility index (Phi) is 2.50. The number of esters is 1. The average molecular weight is 254 g/mol. The smallest absolute Gasteiger partial charge is 0.317 e. The van der Waals surface area contributed by atoms with Crippen LogP contribution in [-0.4, -0.2) is 39.5 Å². The molecule has 0 aliphatic carbocycles. The van der Waals surface area contributed by atoms with Gasteiger partial charge >= 0.3 is 5.97 Å². The fraction of sp³-hybridized carbons (Fsp3) is 0.583. The average Bonchev–Trinajstić information content (AvgIpc) is 2.72. The van der Waals surface area contributed by atoms with E-state index in [2.05, 4.69) is 6.07 Å². The Hall–Kier alpha value is -0.910. The van der Waals surface area contributed by atoms with Crippen LogP contribution in [0.25, 0.3) is 0 Å². The molecule has 4 nitrogen and oxygen atoms in total. The molecule has 0 aromatic carbocycles. The number of hydrogen-bond acceptors (Lipinski definition) is 5. The highest BCUT2D eigenvalue weighted by atomic mass is 32.1. The predicted octanol–water partition coefficient (Wildman–Crippen LogP) is 1.21. The molecule has 2 aliphatic rings. The SMILES string of the molecule is COC(=O)C1(C2(c3cccs3)COC2)COC1. The topological polar surface area (TPSA) is 44.8 Å². The van der Waals surface area contributed by atoms with Crippen molar-refractivity contribution in [3.63, 3.8) is 0 Å². The van der Waals surface area contributed by atoms with Gasteiger partial charge in [0.2, 0.25) is 0 Å². The standard InChI is InChI=1S/C12H14O4S/c1-14-10(13)12(7-16-8-12)11(5-15-6-11)9-3-2-4-17-9/h2-4H,5-8H2,1H3. The third-order valence-corrected chi connectivity index (χ3v) is 4.95. The van der Waals surface area contributed by atoms with Crippen LogP contribution in [-0.2, 0) is 24.4 Å². The minimum Gasteiger partial charge on any atom is -0.468 e. The normalized spacial score (nSPS) is 24.5. The van der Waals surface area contributed by atoms with Crippen molar-refractivity contribution in [3.05, 3.63) is 22.4 Å². The van der Waals surface area contributed by atoms with Crippen molar-refractivity contribution >= 4 is 17.3 Å². The zero-order valence-electron chi connectivity index (χ0n) is 9.60. The monoisotopic (exact) mass is 254 g/mol. The summed E-state index contributed by atoms with van der Waals surface area (Å²) < 4.78 is 15.6. The van der Waals surface area contributed by atoms with Gasteiger partial charge in [-0.25, -0.2) is 0 Å². The summed E-state index contributed by atoms with van der Waals surface area (Å²) in [5.41, 5.74) is -0.794. The highest BCUT2D eigenvalue weighted by Crippen LogP contribution is 2.53. The van der Waals surface area contributed by atoms with E-state index in [-0.39, 0.29) is 11.4 Å². The van der Waals surface area contributed by atoms with E-state index >= 15 is 0 Å². The highest BCUT2D eigenvalue weighted by Gasteiger charge is 2.66. The number of ether oxygens (including phenoxy) is 3. The Morgan fingerprint density at radius 1 is 1.35 bits per heavy atom. The van der Waals surface area contributed by atoms with E-state index in [1.54, 1.807) is 11.3 Å². The van der Waals surface area contributed by atoms with Crippen LogP contribution in [0.2, 0.25) is 0 Å². The maximum absolute atomic E-state index is 12.1. The van der Waals surface area contributed by atoms with Gasteiger partial charge in [-0.3, -0.25) is 4.79 Å². The highest BCUT2D eigenvalue weighted by molar-refractivity contribution is 7.10. The molecule has 3 heterocycles. The quantitative estimate of drug-likeness (QED) is 0.760. The second kappa shape index (κ2) is 3.80. The molecule has 0 radical (unpaired) electrons. The lowest BCUT2D eigenvalue weighted by atomic mass is 9.59. The minimum absolute atomic E-state index is 0.180. The Balaban J connectivity index is 2.02. The lowest BCUT2D eigenvalue weighted by molar-refractivity contribution is -0.237. The van der Waals surface area contributed by atoms with E-state index in [1.165, 1.54) is 12.0 Å². The van der Waals surface area contributed by atoms with E-state index in [0.29, 0.717) is 26.4 Å². The summed E-state index contributed by atoms with van der Waals surface area (Å²) in [6.45, 7) is 2.01. The summed E-state index contributed by atoms with van der Waals surface area (Å²) in [5, 5.41) is 2.03. The second-order valence-corrected chi connectivity index (χ2v) is 5.57. The van der Waals surface area contributed by atoms with Crippen molar-refractivity contribution in [1.29, 1.82) is 0 Å². The number of hydrogen-bond donors (Lipinski definition) is 0. The van der Waals surface area contributed by atoms with Gasteiger partial charge in [-0.2, -0.15) is 0 Å². The van der Waals surface area contributed by atoms with Crippen LogP contribution < -0.4 is 0 Å². The van der Waals surface area contributed by atoms with Gasteiger partial charge in [-0.05, 0) is 11.4 Å². The maximum Gasteiger partial charge on any atom is 0.317 e. The molecule has 2 fully saturated rings. The summed E-state index contributed by atoms with van der Waals surface area (Å²) in [6.07, 6.45) is 0. The van der Waals surface area contributed by atoms with Gasteiger partial charge in [-0.1, -0.05) is 6.07 Å². The van der Waals surface area contributed by atoms with Crippen molar-refractivity contribution in [1.82, 2.24) is 0 Å². The third kappa shape index (κ3) is 1.27. The van der Waals surface area contributed by atoms with Gasteiger partial charge < -0.3 is 14.2 Å². The summed E-state index contributed by atoms with van der Waals surface area (Å²) in [4.78, 5) is 13.3. The lowest BCUT2D eigenvalue weighted by Gasteiger charge is -2.56. The molecule has 0 bridgehead atoms. The van der Waals surface area contributed by atoms with Crippen LogP contribution in [0.1, 0.15) is 4.88 Å². The van der Waals surface area contributed by atoms with E-state index in [9.17, 15) is 4.79 Å². The van der Waals surface area contributed by atoms with Crippen molar-refractivity contribution in [2.75, 3.05) is 33.5 Å². The first-order chi connectivity index (χ1) is 8.25. The molecule has 0 amide bonds. The number of carbonyl (C=O) groups excluding carboxylic acids is 1. The zero-order chi connectivity index (χ0) is 11.9. The number of carbonyl (C=O) groups is 1. The van der Waals surface area contributed by atoms with E-state index < -0.39 is 5.41 Å². The molecule has 1 aromatic heterocycles. The van der Waals surface area contributed by atoms with E-state index in [0.717, 1.165) is 0 Å². The first-order valence-corrected chi connectivity index (χ1v) is 6.41. The van der Waals surface area contributed by atoms with Crippen LogP contribution in [0.3, 0.4) is 0 Å².